The van der Waals surface area contributed by atoms with Crippen LogP contribution in [0.1, 0.15) is 0 Å². The van der Waals surface area contributed by atoms with Gasteiger partial charge in [-0.1, -0.05) is 29.7 Å². The summed E-state index contributed by atoms with van der Waals surface area (Å²) in [6.07, 6.45) is 2.19. The Balaban J connectivity index is 1.64. The Morgan fingerprint density at radius 2 is 2.15 bits per heavy atom. The van der Waals surface area contributed by atoms with E-state index in [-0.39, 0.29) is 18.0 Å². The fourth-order valence-electron chi connectivity index (χ4n) is 2.73. The predicted molar refractivity (Wildman–Crippen MR) is 86.1 cm³/mol. The van der Waals surface area contributed by atoms with Crippen molar-refractivity contribution in [1.29, 1.82) is 0 Å². The van der Waals surface area contributed by atoms with E-state index >= 15 is 0 Å². The van der Waals surface area contributed by atoms with Crippen LogP contribution in [0.4, 0.5) is 5.69 Å². The highest BCUT2D eigenvalue weighted by molar-refractivity contribution is 8.02. The molecule has 3 N–H and O–H groups in total. The van der Waals surface area contributed by atoms with Crippen LogP contribution in [0.2, 0.25) is 0 Å². The first kappa shape index (κ1) is 13.5. The molecule has 1 aromatic carbocycles. The first-order chi connectivity index (χ1) is 9.75. The normalized spacial score (nSPS) is 28.4. The molecule has 3 atom stereocenters. The number of amides is 1. The van der Waals surface area contributed by atoms with E-state index in [1.165, 1.54) is 0 Å². The minimum absolute atomic E-state index is 0.0195. The van der Waals surface area contributed by atoms with Crippen molar-refractivity contribution in [2.24, 2.45) is 5.92 Å². The fraction of sp³-hybridized carbons (Fsp3) is 0.357. The number of benzene rings is 1. The second-order valence-corrected chi connectivity index (χ2v) is 6.51. The number of anilines is 1. The summed E-state index contributed by atoms with van der Waals surface area (Å²) >= 11 is 0.335. The van der Waals surface area contributed by atoms with Crippen molar-refractivity contribution >= 4 is 23.4 Å². The molecule has 5 nitrogen and oxygen atoms in total. The Kier molecular flexibility index (Phi) is 3.95. The van der Waals surface area contributed by atoms with E-state index in [9.17, 15) is 4.79 Å². The molecule has 109 valence electrons. The van der Waals surface area contributed by atoms with Crippen LogP contribution in [-0.4, -0.2) is 30.8 Å². The molecular formula is C14H21N4OS. The van der Waals surface area contributed by atoms with Crippen LogP contribution >= 0.6 is 11.8 Å². The number of fused-ring (bicyclic) bond motifs is 1. The molecule has 3 rings (SSSR count). The molecule has 0 bridgehead atoms. The number of rotatable bonds is 3. The standard InChI is InChI=1S/C14H21N4OS/c1-18(10-5-3-2-4-6-10)17-14(19)13-11-9-20-8-7-12(11)15-16-13/h2-8,11-13,15-16H,9H2,1,20H3,(H,17,19). The lowest BCUT2D eigenvalue weighted by molar-refractivity contribution is -0.123. The van der Waals surface area contributed by atoms with E-state index in [2.05, 4.69) is 27.8 Å². The van der Waals surface area contributed by atoms with Crippen molar-refractivity contribution < 1.29 is 4.79 Å². The van der Waals surface area contributed by atoms with Gasteiger partial charge in [0.15, 0.2) is 0 Å². The molecule has 1 radical (unpaired) electrons. The van der Waals surface area contributed by atoms with Gasteiger partial charge in [-0.05, 0) is 17.9 Å². The zero-order valence-corrected chi connectivity index (χ0v) is 12.6. The molecule has 3 unspecified atom stereocenters. The summed E-state index contributed by atoms with van der Waals surface area (Å²) in [6, 6.07) is 9.94. The van der Waals surface area contributed by atoms with Crippen LogP contribution in [0, 0.1) is 5.92 Å². The highest BCUT2D eigenvalue weighted by Gasteiger charge is 2.39. The Morgan fingerprint density at radius 3 is 2.95 bits per heavy atom. The highest BCUT2D eigenvalue weighted by atomic mass is 32.2. The van der Waals surface area contributed by atoms with Crippen molar-refractivity contribution in [1.82, 2.24) is 16.3 Å². The number of nitrogens with zero attached hydrogens (tertiary/aromatic N) is 1. The van der Waals surface area contributed by atoms with E-state index in [0.717, 1.165) is 11.4 Å². The lowest BCUT2D eigenvalue weighted by Crippen LogP contribution is -2.51. The third-order valence-electron chi connectivity index (χ3n) is 3.86. The average molecular weight is 293 g/mol. The second kappa shape index (κ2) is 5.87. The molecule has 2 heterocycles. The third-order valence-corrected chi connectivity index (χ3v) is 5.17. The molecule has 1 saturated heterocycles. The maximum absolute atomic E-state index is 12.4. The summed E-state index contributed by atoms with van der Waals surface area (Å²) in [6.45, 7) is 0. The lowest BCUT2D eigenvalue weighted by atomic mass is 9.96. The van der Waals surface area contributed by atoms with Gasteiger partial charge < -0.3 is 0 Å². The lowest BCUT2D eigenvalue weighted by Gasteiger charge is -2.27. The van der Waals surface area contributed by atoms with Crippen molar-refractivity contribution in [2.75, 3.05) is 17.8 Å². The summed E-state index contributed by atoms with van der Waals surface area (Å²) in [5, 5.41) is 4.02. The molecule has 1 amide bonds. The number of hydrogen-bond acceptors (Lipinski definition) is 4. The minimum Gasteiger partial charge on any atom is -0.289 e. The number of carbonyl (C=O) groups excluding carboxylic acids is 1. The molecule has 6 heteroatoms. The van der Waals surface area contributed by atoms with Crippen LogP contribution < -0.4 is 21.3 Å². The Labute approximate surface area is 122 Å². The Hall–Kier alpha value is -1.50. The maximum atomic E-state index is 12.4. The summed E-state index contributed by atoms with van der Waals surface area (Å²) in [4.78, 5) is 12.4. The van der Waals surface area contributed by atoms with Crippen LogP contribution in [-0.2, 0) is 4.79 Å². The van der Waals surface area contributed by atoms with Gasteiger partial charge in [0, 0.05) is 19.0 Å². The van der Waals surface area contributed by atoms with E-state index < -0.39 is 0 Å². The topological polar surface area (TPSA) is 56.4 Å². The number of carbonyl (C=O) groups is 1. The average Bonchev–Trinajstić information content (AvgIpc) is 2.92. The number of nitrogens with one attached hydrogen (secondary N) is 3. The van der Waals surface area contributed by atoms with Gasteiger partial charge in [-0.3, -0.25) is 27.0 Å². The van der Waals surface area contributed by atoms with Gasteiger partial charge in [0.25, 0.3) is 5.91 Å². The Morgan fingerprint density at radius 1 is 1.35 bits per heavy atom. The van der Waals surface area contributed by atoms with Gasteiger partial charge in [0.1, 0.15) is 6.04 Å². The first-order valence-electron chi connectivity index (χ1n) is 6.86. The summed E-state index contributed by atoms with van der Waals surface area (Å²) in [5.41, 5.74) is 10.2. The molecule has 1 aromatic rings. The largest absolute Gasteiger partial charge is 0.289 e. The molecule has 0 aromatic heterocycles. The molecule has 2 aliphatic rings. The van der Waals surface area contributed by atoms with Gasteiger partial charge in [-0.25, -0.2) is 10.9 Å². The second-order valence-electron chi connectivity index (χ2n) is 5.18. The SMILES string of the molecule is CN(NC(=O)C1NNC2C=C[SH3]CC21)c1ccccc1. The summed E-state index contributed by atoms with van der Waals surface area (Å²) < 4.78 is 0. The van der Waals surface area contributed by atoms with Crippen molar-refractivity contribution in [3.05, 3.63) is 41.8 Å². The molecule has 20 heavy (non-hydrogen) atoms. The first-order valence-corrected chi connectivity index (χ1v) is 8.34. The fourth-order valence-corrected chi connectivity index (χ4v) is 4.16. The van der Waals surface area contributed by atoms with Crippen molar-refractivity contribution in [2.45, 2.75) is 12.1 Å². The van der Waals surface area contributed by atoms with E-state index in [0.29, 0.717) is 17.7 Å². The molecule has 1 fully saturated rings. The summed E-state index contributed by atoms with van der Waals surface area (Å²) in [7, 11) is 1.86. The molecule has 0 aliphatic carbocycles. The molecule has 0 spiro atoms. The van der Waals surface area contributed by atoms with Crippen LogP contribution in [0.5, 0.6) is 0 Å². The molecule has 2 aliphatic heterocycles. The van der Waals surface area contributed by atoms with E-state index in [1.807, 2.05) is 37.4 Å². The number of hydrazine groups is 2. The molecule has 0 saturated carbocycles. The quantitative estimate of drug-likeness (QED) is 0.691. The summed E-state index contributed by atoms with van der Waals surface area (Å²) in [5.74, 6) is 1.50. The van der Waals surface area contributed by atoms with Crippen LogP contribution in [0.15, 0.2) is 41.8 Å². The van der Waals surface area contributed by atoms with Gasteiger partial charge in [-0.15, -0.1) is 0 Å². The maximum Gasteiger partial charge on any atom is 0.257 e. The molecular weight excluding hydrogens is 272 g/mol. The predicted octanol–water partition coefficient (Wildman–Crippen LogP) is 0.0726. The zero-order valence-electron chi connectivity index (χ0n) is 11.4. The van der Waals surface area contributed by atoms with Gasteiger partial charge >= 0.3 is 0 Å². The van der Waals surface area contributed by atoms with Gasteiger partial charge in [-0.2, -0.15) is 0 Å². The zero-order chi connectivity index (χ0) is 13.9. The van der Waals surface area contributed by atoms with Crippen molar-refractivity contribution in [3.8, 4) is 0 Å². The van der Waals surface area contributed by atoms with Crippen molar-refractivity contribution in [3.63, 3.8) is 0 Å². The van der Waals surface area contributed by atoms with Crippen LogP contribution in [0.25, 0.3) is 0 Å². The third kappa shape index (κ3) is 2.67. The van der Waals surface area contributed by atoms with E-state index in [4.69, 9.17) is 0 Å². The number of para-hydroxylation sites is 1. The van der Waals surface area contributed by atoms with E-state index in [1.54, 1.807) is 5.01 Å². The minimum atomic E-state index is -0.163. The smallest absolute Gasteiger partial charge is 0.257 e. The number of hydrogen-bond donors (Lipinski definition) is 3. The monoisotopic (exact) mass is 293 g/mol. The Bertz CT molecular complexity index is 507. The highest BCUT2D eigenvalue weighted by Crippen LogP contribution is 2.27. The van der Waals surface area contributed by atoms with Gasteiger partial charge in [0.05, 0.1) is 5.69 Å². The van der Waals surface area contributed by atoms with Crippen LogP contribution in [0.3, 0.4) is 0 Å². The van der Waals surface area contributed by atoms with Gasteiger partial charge in [0.2, 0.25) is 0 Å².